The van der Waals surface area contributed by atoms with Crippen LogP contribution in [0.2, 0.25) is 0 Å². The van der Waals surface area contributed by atoms with Gasteiger partial charge < -0.3 is 5.11 Å². The second-order valence-electron chi connectivity index (χ2n) is 6.34. The Kier molecular flexibility index (Phi) is 6.12. The summed E-state index contributed by atoms with van der Waals surface area (Å²) < 4.78 is 26.1. The fourth-order valence-electron chi connectivity index (χ4n) is 2.84. The van der Waals surface area contributed by atoms with Crippen LogP contribution in [0.1, 0.15) is 23.2 Å². The maximum Gasteiger partial charge on any atom is 0.175 e. The molecule has 0 atom stereocenters. The summed E-state index contributed by atoms with van der Waals surface area (Å²) in [6.07, 6.45) is 3.24. The van der Waals surface area contributed by atoms with Crippen LogP contribution in [0.25, 0.3) is 16.9 Å². The normalized spacial score (nSPS) is 11.5. The second-order valence-corrected chi connectivity index (χ2v) is 9.27. The number of Topliss-reactive ketones (excluding diaryl/α,β-unsaturated/α-hetero) is 1. The average Bonchev–Trinajstić information content (AvgIpc) is 3.11. The molecule has 0 unspecified atom stereocenters. The number of halogens is 1. The third-order valence-corrected chi connectivity index (χ3v) is 5.92. The molecule has 0 saturated heterocycles. The first-order valence-corrected chi connectivity index (χ1v) is 11.3. The molecule has 0 spiro atoms. The standard InChI is InChI=1S/C20H19BrN2O4S/c1-28(26,27)17-10-4-14(5-11-17)20-18(19(25)3-2-12-24)13-22-23(20)16-8-6-15(21)7-9-16/h4-11,13,24H,2-3,12H2,1H3. The zero-order chi connectivity index (χ0) is 20.3. The van der Waals surface area contributed by atoms with Gasteiger partial charge in [-0.1, -0.05) is 28.1 Å². The van der Waals surface area contributed by atoms with E-state index in [1.165, 1.54) is 18.3 Å². The fourth-order valence-corrected chi connectivity index (χ4v) is 3.74. The van der Waals surface area contributed by atoms with Gasteiger partial charge in [0.15, 0.2) is 15.6 Å². The first-order valence-electron chi connectivity index (χ1n) is 8.60. The molecule has 8 heteroatoms. The van der Waals surface area contributed by atoms with Gasteiger partial charge in [0.2, 0.25) is 0 Å². The van der Waals surface area contributed by atoms with Crippen molar-refractivity contribution in [1.82, 2.24) is 9.78 Å². The van der Waals surface area contributed by atoms with Gasteiger partial charge >= 0.3 is 0 Å². The van der Waals surface area contributed by atoms with E-state index in [2.05, 4.69) is 21.0 Å². The van der Waals surface area contributed by atoms with Gasteiger partial charge in [0.25, 0.3) is 0 Å². The van der Waals surface area contributed by atoms with Crippen LogP contribution in [0.15, 0.2) is 64.1 Å². The number of sulfone groups is 1. The van der Waals surface area contributed by atoms with Crippen LogP contribution < -0.4 is 0 Å². The van der Waals surface area contributed by atoms with Crippen LogP contribution in [0.3, 0.4) is 0 Å². The Bertz CT molecular complexity index is 1090. The lowest BCUT2D eigenvalue weighted by atomic mass is 10.0. The van der Waals surface area contributed by atoms with Crippen molar-refractivity contribution < 1.29 is 18.3 Å². The molecule has 0 radical (unpaired) electrons. The van der Waals surface area contributed by atoms with Crippen molar-refractivity contribution >= 4 is 31.6 Å². The third-order valence-electron chi connectivity index (χ3n) is 4.26. The Morgan fingerprint density at radius 2 is 1.75 bits per heavy atom. The number of carbonyl (C=O) groups is 1. The van der Waals surface area contributed by atoms with Crippen molar-refractivity contribution in [3.05, 3.63) is 64.8 Å². The summed E-state index contributed by atoms with van der Waals surface area (Å²) in [6.45, 7) is -0.0645. The third kappa shape index (κ3) is 4.40. The van der Waals surface area contributed by atoms with Crippen LogP contribution in [0.5, 0.6) is 0 Å². The lowest BCUT2D eigenvalue weighted by molar-refractivity contribution is 0.0972. The predicted molar refractivity (Wildman–Crippen MR) is 110 cm³/mol. The number of carbonyl (C=O) groups excluding carboxylic acids is 1. The lowest BCUT2D eigenvalue weighted by Crippen LogP contribution is -2.05. The molecule has 0 aliphatic heterocycles. The Labute approximate surface area is 171 Å². The molecule has 0 amide bonds. The minimum absolute atomic E-state index is 0.0645. The van der Waals surface area contributed by atoms with Crippen LogP contribution in [-0.2, 0) is 9.84 Å². The Morgan fingerprint density at radius 3 is 2.32 bits per heavy atom. The SMILES string of the molecule is CS(=O)(=O)c1ccc(-c2c(C(=O)CCCO)cnn2-c2ccc(Br)cc2)cc1. The highest BCUT2D eigenvalue weighted by Crippen LogP contribution is 2.29. The summed E-state index contributed by atoms with van der Waals surface area (Å²) in [7, 11) is -3.32. The molecule has 6 nitrogen and oxygen atoms in total. The van der Waals surface area contributed by atoms with Crippen molar-refractivity contribution in [3.8, 4) is 16.9 Å². The molecule has 1 aromatic heterocycles. The highest BCUT2D eigenvalue weighted by atomic mass is 79.9. The Hall–Kier alpha value is -2.29. The molecule has 3 aromatic rings. The number of hydrogen-bond donors (Lipinski definition) is 1. The first-order chi connectivity index (χ1) is 13.3. The molecular formula is C20H19BrN2O4S. The zero-order valence-electron chi connectivity index (χ0n) is 15.2. The monoisotopic (exact) mass is 462 g/mol. The maximum absolute atomic E-state index is 12.7. The summed E-state index contributed by atoms with van der Waals surface area (Å²) >= 11 is 3.40. The van der Waals surface area contributed by atoms with Gasteiger partial charge in [-0.15, -0.1) is 0 Å². The number of nitrogens with zero attached hydrogens (tertiary/aromatic N) is 2. The van der Waals surface area contributed by atoms with E-state index in [0.717, 1.165) is 16.4 Å². The summed E-state index contributed by atoms with van der Waals surface area (Å²) in [5.74, 6) is -0.125. The van der Waals surface area contributed by atoms with Gasteiger partial charge in [0, 0.05) is 29.3 Å². The van der Waals surface area contributed by atoms with Crippen molar-refractivity contribution in [2.45, 2.75) is 17.7 Å². The predicted octanol–water partition coefficient (Wildman–Crippen LogP) is 3.66. The lowest BCUT2D eigenvalue weighted by Gasteiger charge is -2.11. The van der Waals surface area contributed by atoms with Crippen LogP contribution in [0.4, 0.5) is 0 Å². The van der Waals surface area contributed by atoms with E-state index < -0.39 is 9.84 Å². The van der Waals surface area contributed by atoms with Gasteiger partial charge in [0.05, 0.1) is 28.0 Å². The minimum Gasteiger partial charge on any atom is -0.396 e. The molecule has 28 heavy (non-hydrogen) atoms. The summed E-state index contributed by atoms with van der Waals surface area (Å²) in [4.78, 5) is 12.9. The summed E-state index contributed by atoms with van der Waals surface area (Å²) in [6, 6.07) is 13.9. The van der Waals surface area contributed by atoms with Gasteiger partial charge in [-0.05, 0) is 42.8 Å². The molecule has 0 aliphatic carbocycles. The highest BCUT2D eigenvalue weighted by Gasteiger charge is 2.20. The molecule has 0 saturated carbocycles. The largest absolute Gasteiger partial charge is 0.396 e. The molecule has 1 N–H and O–H groups in total. The van der Waals surface area contributed by atoms with E-state index in [1.54, 1.807) is 16.8 Å². The van der Waals surface area contributed by atoms with E-state index in [4.69, 9.17) is 5.11 Å². The van der Waals surface area contributed by atoms with Gasteiger partial charge in [-0.2, -0.15) is 5.10 Å². The van der Waals surface area contributed by atoms with Gasteiger partial charge in [0.1, 0.15) is 0 Å². The average molecular weight is 463 g/mol. The molecular weight excluding hydrogens is 444 g/mol. The smallest absolute Gasteiger partial charge is 0.175 e. The van der Waals surface area contributed by atoms with E-state index in [0.29, 0.717) is 23.2 Å². The number of ketones is 1. The highest BCUT2D eigenvalue weighted by molar-refractivity contribution is 9.10. The number of benzene rings is 2. The van der Waals surface area contributed by atoms with Crippen LogP contribution >= 0.6 is 15.9 Å². The van der Waals surface area contributed by atoms with Crippen molar-refractivity contribution in [2.75, 3.05) is 12.9 Å². The summed E-state index contributed by atoms with van der Waals surface area (Å²) in [5.41, 5.74) is 2.47. The Balaban J connectivity index is 2.13. The molecule has 0 aliphatic rings. The number of aromatic nitrogens is 2. The van der Waals surface area contributed by atoms with Crippen molar-refractivity contribution in [3.63, 3.8) is 0 Å². The maximum atomic E-state index is 12.7. The number of aliphatic hydroxyl groups excluding tert-OH is 1. The quantitative estimate of drug-likeness (QED) is 0.541. The van der Waals surface area contributed by atoms with Crippen LogP contribution in [0, 0.1) is 0 Å². The van der Waals surface area contributed by atoms with Gasteiger partial charge in [-0.3, -0.25) is 4.79 Å². The second kappa shape index (κ2) is 8.38. The van der Waals surface area contributed by atoms with E-state index in [-0.39, 0.29) is 23.7 Å². The number of aliphatic hydroxyl groups is 1. The molecule has 0 fully saturated rings. The minimum atomic E-state index is -3.32. The summed E-state index contributed by atoms with van der Waals surface area (Å²) in [5, 5.41) is 13.4. The molecule has 1 heterocycles. The van der Waals surface area contributed by atoms with E-state index in [1.807, 2.05) is 24.3 Å². The van der Waals surface area contributed by atoms with Crippen molar-refractivity contribution in [2.24, 2.45) is 0 Å². The van der Waals surface area contributed by atoms with E-state index in [9.17, 15) is 13.2 Å². The Morgan fingerprint density at radius 1 is 1.11 bits per heavy atom. The topological polar surface area (TPSA) is 89.3 Å². The zero-order valence-corrected chi connectivity index (χ0v) is 17.6. The van der Waals surface area contributed by atoms with Crippen LogP contribution in [-0.4, -0.2) is 42.0 Å². The number of rotatable bonds is 7. The van der Waals surface area contributed by atoms with E-state index >= 15 is 0 Å². The van der Waals surface area contributed by atoms with Crippen molar-refractivity contribution in [1.29, 1.82) is 0 Å². The molecule has 0 bridgehead atoms. The first kappa shape index (κ1) is 20.4. The molecule has 3 rings (SSSR count). The van der Waals surface area contributed by atoms with Gasteiger partial charge in [-0.25, -0.2) is 13.1 Å². The fraction of sp³-hybridized carbons (Fsp3) is 0.200. The molecule has 2 aromatic carbocycles. The number of hydrogen-bond acceptors (Lipinski definition) is 5. The molecule has 146 valence electrons.